The molecule has 0 radical (unpaired) electrons. The second kappa shape index (κ2) is 3.49. The van der Waals surface area contributed by atoms with Gasteiger partial charge in [-0.05, 0) is 12.1 Å². The van der Waals surface area contributed by atoms with Gasteiger partial charge in [0, 0.05) is 10.0 Å². The van der Waals surface area contributed by atoms with Crippen molar-refractivity contribution in [2.45, 2.75) is 6.67 Å². The first-order valence-corrected chi connectivity index (χ1v) is 3.81. The molecule has 0 amide bonds. The number of benzene rings is 1. The zero-order chi connectivity index (χ0) is 8.27. The summed E-state index contributed by atoms with van der Waals surface area (Å²) in [4.78, 5) is 0. The van der Waals surface area contributed by atoms with Crippen LogP contribution < -0.4 is 0 Å². The van der Waals surface area contributed by atoms with Gasteiger partial charge in [0.05, 0.1) is 11.6 Å². The van der Waals surface area contributed by atoms with E-state index in [1.807, 2.05) is 6.07 Å². The third-order valence-electron chi connectivity index (χ3n) is 1.34. The van der Waals surface area contributed by atoms with E-state index in [1.54, 1.807) is 18.2 Å². The van der Waals surface area contributed by atoms with Crippen molar-refractivity contribution in [1.82, 2.24) is 0 Å². The minimum atomic E-state index is -0.587. The van der Waals surface area contributed by atoms with Crippen LogP contribution in [-0.2, 0) is 6.67 Å². The Kier molecular flexibility index (Phi) is 2.61. The number of rotatable bonds is 1. The van der Waals surface area contributed by atoms with Gasteiger partial charge >= 0.3 is 0 Å². The summed E-state index contributed by atoms with van der Waals surface area (Å²) in [6.45, 7) is -0.587. The minimum absolute atomic E-state index is 0.391. The predicted octanol–water partition coefficient (Wildman–Crippen LogP) is 2.79. The highest BCUT2D eigenvalue weighted by molar-refractivity contribution is 9.10. The molecule has 0 fully saturated rings. The van der Waals surface area contributed by atoms with Crippen LogP contribution in [0.2, 0.25) is 0 Å². The molecule has 0 spiro atoms. The van der Waals surface area contributed by atoms with Crippen molar-refractivity contribution in [1.29, 1.82) is 5.26 Å². The average molecular weight is 214 g/mol. The van der Waals surface area contributed by atoms with E-state index in [9.17, 15) is 4.39 Å². The van der Waals surface area contributed by atoms with Gasteiger partial charge in [0.25, 0.3) is 0 Å². The van der Waals surface area contributed by atoms with Crippen LogP contribution in [0.4, 0.5) is 4.39 Å². The molecule has 0 aliphatic carbocycles. The zero-order valence-corrected chi connectivity index (χ0v) is 7.23. The number of alkyl halides is 1. The first-order valence-electron chi connectivity index (χ1n) is 3.02. The maximum atomic E-state index is 12.1. The lowest BCUT2D eigenvalue weighted by Gasteiger charge is -1.97. The molecule has 0 aliphatic rings. The molecular weight excluding hydrogens is 209 g/mol. The monoisotopic (exact) mass is 213 g/mol. The van der Waals surface area contributed by atoms with E-state index in [-0.39, 0.29) is 0 Å². The van der Waals surface area contributed by atoms with Crippen LogP contribution in [-0.4, -0.2) is 0 Å². The quantitative estimate of drug-likeness (QED) is 0.704. The Labute approximate surface area is 72.6 Å². The maximum absolute atomic E-state index is 12.1. The molecule has 0 N–H and O–H groups in total. The Balaban J connectivity index is 3.19. The fourth-order valence-electron chi connectivity index (χ4n) is 0.769. The molecule has 3 heteroatoms. The van der Waals surface area contributed by atoms with Crippen LogP contribution in [0.1, 0.15) is 11.1 Å². The molecule has 0 bridgehead atoms. The van der Waals surface area contributed by atoms with Crippen molar-refractivity contribution in [2.75, 3.05) is 0 Å². The van der Waals surface area contributed by atoms with E-state index in [4.69, 9.17) is 5.26 Å². The normalized spacial score (nSPS) is 9.18. The fourth-order valence-corrected chi connectivity index (χ4v) is 1.13. The van der Waals surface area contributed by atoms with Gasteiger partial charge < -0.3 is 0 Å². The third-order valence-corrected chi connectivity index (χ3v) is 1.83. The lowest BCUT2D eigenvalue weighted by Crippen LogP contribution is -1.85. The molecule has 56 valence electrons. The van der Waals surface area contributed by atoms with Crippen molar-refractivity contribution in [2.24, 2.45) is 0 Å². The molecule has 1 aromatic carbocycles. The van der Waals surface area contributed by atoms with Gasteiger partial charge in [-0.3, -0.25) is 0 Å². The second-order valence-corrected chi connectivity index (χ2v) is 2.96. The SMILES string of the molecule is N#Cc1cc(Br)ccc1CF. The number of halogens is 2. The van der Waals surface area contributed by atoms with E-state index >= 15 is 0 Å². The van der Waals surface area contributed by atoms with Gasteiger partial charge in [0.15, 0.2) is 0 Å². The molecule has 0 atom stereocenters. The summed E-state index contributed by atoms with van der Waals surface area (Å²) < 4.78 is 12.9. The molecule has 0 saturated heterocycles. The van der Waals surface area contributed by atoms with E-state index in [1.165, 1.54) is 0 Å². The van der Waals surface area contributed by atoms with Crippen molar-refractivity contribution in [3.05, 3.63) is 33.8 Å². The van der Waals surface area contributed by atoms with Gasteiger partial charge in [-0.25, -0.2) is 4.39 Å². The van der Waals surface area contributed by atoms with Gasteiger partial charge in [-0.2, -0.15) is 5.26 Å². The highest BCUT2D eigenvalue weighted by atomic mass is 79.9. The Morgan fingerprint density at radius 3 is 2.82 bits per heavy atom. The molecule has 11 heavy (non-hydrogen) atoms. The molecular formula is C8H5BrFN. The van der Waals surface area contributed by atoms with Crippen molar-refractivity contribution in [3.63, 3.8) is 0 Å². The van der Waals surface area contributed by atoms with Crippen molar-refractivity contribution < 1.29 is 4.39 Å². The van der Waals surface area contributed by atoms with Gasteiger partial charge in [0.1, 0.15) is 6.67 Å². The lowest BCUT2D eigenvalue weighted by molar-refractivity contribution is 0.484. The summed E-state index contributed by atoms with van der Waals surface area (Å²) in [5.41, 5.74) is 0.831. The highest BCUT2D eigenvalue weighted by Gasteiger charge is 2.00. The number of nitriles is 1. The van der Waals surface area contributed by atoms with E-state index < -0.39 is 6.67 Å². The van der Waals surface area contributed by atoms with Crippen LogP contribution in [0.5, 0.6) is 0 Å². The Hall–Kier alpha value is -0.880. The number of nitrogens with zero attached hydrogens (tertiary/aromatic N) is 1. The molecule has 0 heterocycles. The summed E-state index contributed by atoms with van der Waals surface area (Å²) in [7, 11) is 0. The third kappa shape index (κ3) is 1.78. The van der Waals surface area contributed by atoms with Gasteiger partial charge in [0.2, 0.25) is 0 Å². The van der Waals surface area contributed by atoms with Crippen LogP contribution in [0.15, 0.2) is 22.7 Å². The zero-order valence-electron chi connectivity index (χ0n) is 5.64. The summed E-state index contributed by atoms with van der Waals surface area (Å²) in [5, 5.41) is 8.54. The molecule has 1 aromatic rings. The number of hydrogen-bond donors (Lipinski definition) is 0. The Bertz CT molecular complexity index is 303. The largest absolute Gasteiger partial charge is 0.246 e. The molecule has 0 unspecified atom stereocenters. The molecule has 1 nitrogen and oxygen atoms in total. The van der Waals surface area contributed by atoms with Gasteiger partial charge in [-0.15, -0.1) is 0 Å². The molecule has 1 rings (SSSR count). The van der Waals surface area contributed by atoms with Crippen LogP contribution in [0.3, 0.4) is 0 Å². The van der Waals surface area contributed by atoms with Crippen molar-refractivity contribution in [3.8, 4) is 6.07 Å². The summed E-state index contributed by atoms with van der Waals surface area (Å²) >= 11 is 3.19. The summed E-state index contributed by atoms with van der Waals surface area (Å²) in [6.07, 6.45) is 0. The van der Waals surface area contributed by atoms with Gasteiger partial charge in [-0.1, -0.05) is 22.0 Å². The fraction of sp³-hybridized carbons (Fsp3) is 0.125. The minimum Gasteiger partial charge on any atom is -0.246 e. The first kappa shape index (κ1) is 8.22. The second-order valence-electron chi connectivity index (χ2n) is 2.05. The highest BCUT2D eigenvalue weighted by Crippen LogP contribution is 2.16. The standard InChI is InChI=1S/C8H5BrFN/c9-8-2-1-6(4-10)7(3-8)5-11/h1-3H,4H2. The molecule has 0 aromatic heterocycles. The van der Waals surface area contributed by atoms with Crippen LogP contribution in [0.25, 0.3) is 0 Å². The van der Waals surface area contributed by atoms with E-state index in [2.05, 4.69) is 15.9 Å². The Morgan fingerprint density at radius 2 is 2.27 bits per heavy atom. The number of hydrogen-bond acceptors (Lipinski definition) is 1. The van der Waals surface area contributed by atoms with E-state index in [0.717, 1.165) is 4.47 Å². The van der Waals surface area contributed by atoms with Crippen LogP contribution in [0, 0.1) is 11.3 Å². The average Bonchev–Trinajstić information content (AvgIpc) is 2.04. The maximum Gasteiger partial charge on any atom is 0.116 e. The predicted molar refractivity (Wildman–Crippen MR) is 43.7 cm³/mol. The Morgan fingerprint density at radius 1 is 1.55 bits per heavy atom. The smallest absolute Gasteiger partial charge is 0.116 e. The lowest BCUT2D eigenvalue weighted by atomic mass is 10.1. The topological polar surface area (TPSA) is 23.8 Å². The van der Waals surface area contributed by atoms with Crippen LogP contribution >= 0.6 is 15.9 Å². The van der Waals surface area contributed by atoms with Crippen molar-refractivity contribution >= 4 is 15.9 Å². The van der Waals surface area contributed by atoms with E-state index in [0.29, 0.717) is 11.1 Å². The molecule has 0 aliphatic heterocycles. The summed E-state index contributed by atoms with van der Waals surface area (Å²) in [5.74, 6) is 0. The molecule has 0 saturated carbocycles. The summed E-state index contributed by atoms with van der Waals surface area (Å²) in [6, 6.07) is 6.84. The first-order chi connectivity index (χ1) is 5.27.